The highest BCUT2D eigenvalue weighted by molar-refractivity contribution is 5.54. The Labute approximate surface area is 95.3 Å². The van der Waals surface area contributed by atoms with Gasteiger partial charge in [0.15, 0.2) is 11.5 Å². The number of ether oxygens (including phenoxy) is 3. The van der Waals surface area contributed by atoms with Crippen LogP contribution in [0.2, 0.25) is 0 Å². The van der Waals surface area contributed by atoms with Crippen molar-refractivity contribution >= 4 is 0 Å². The van der Waals surface area contributed by atoms with E-state index in [0.717, 1.165) is 24.2 Å². The van der Waals surface area contributed by atoms with Gasteiger partial charge in [0.25, 0.3) is 0 Å². The average molecular weight is 223 g/mol. The summed E-state index contributed by atoms with van der Waals surface area (Å²) in [6, 6.07) is 3.73. The minimum absolute atomic E-state index is 0.245. The lowest BCUT2D eigenvalue weighted by Crippen LogP contribution is -2.19. The predicted octanol–water partition coefficient (Wildman–Crippen LogP) is 1.66. The fraction of sp³-hybridized carbons (Fsp3) is 0.500. The van der Waals surface area contributed by atoms with E-state index in [4.69, 9.17) is 19.9 Å². The van der Waals surface area contributed by atoms with Crippen molar-refractivity contribution in [2.45, 2.75) is 18.4 Å². The molecular weight excluding hydrogens is 206 g/mol. The molecule has 0 spiro atoms. The third-order valence-corrected chi connectivity index (χ3v) is 3.03. The molecule has 0 saturated heterocycles. The van der Waals surface area contributed by atoms with Gasteiger partial charge in [0.05, 0.1) is 21.3 Å². The lowest BCUT2D eigenvalue weighted by Gasteiger charge is -2.17. The van der Waals surface area contributed by atoms with Crippen molar-refractivity contribution in [3.05, 3.63) is 17.7 Å². The Kier molecular flexibility index (Phi) is 2.68. The predicted molar refractivity (Wildman–Crippen MR) is 61.2 cm³/mol. The number of nitrogens with two attached hydrogens (primary N) is 1. The van der Waals surface area contributed by atoms with E-state index >= 15 is 0 Å². The summed E-state index contributed by atoms with van der Waals surface area (Å²) < 4.78 is 15.8. The van der Waals surface area contributed by atoms with Crippen molar-refractivity contribution in [1.29, 1.82) is 0 Å². The molecule has 0 atom stereocenters. The topological polar surface area (TPSA) is 53.7 Å². The van der Waals surface area contributed by atoms with Crippen LogP contribution in [-0.4, -0.2) is 21.3 Å². The maximum Gasteiger partial charge on any atom is 0.164 e. The second-order valence-corrected chi connectivity index (χ2v) is 4.06. The molecule has 2 N–H and O–H groups in total. The zero-order valence-electron chi connectivity index (χ0n) is 9.87. The van der Waals surface area contributed by atoms with E-state index in [1.165, 1.54) is 0 Å². The van der Waals surface area contributed by atoms with Crippen molar-refractivity contribution in [3.63, 3.8) is 0 Å². The van der Waals surface area contributed by atoms with Gasteiger partial charge in [-0.05, 0) is 18.9 Å². The molecule has 88 valence electrons. The molecule has 1 aliphatic rings. The zero-order valence-corrected chi connectivity index (χ0v) is 9.87. The Morgan fingerprint density at radius 3 is 1.88 bits per heavy atom. The normalized spacial score (nSPS) is 16.8. The molecule has 0 aliphatic heterocycles. The van der Waals surface area contributed by atoms with Crippen LogP contribution in [0.3, 0.4) is 0 Å². The van der Waals surface area contributed by atoms with Gasteiger partial charge in [0, 0.05) is 17.2 Å². The van der Waals surface area contributed by atoms with Crippen molar-refractivity contribution in [1.82, 2.24) is 0 Å². The van der Waals surface area contributed by atoms with Crippen molar-refractivity contribution in [3.8, 4) is 17.2 Å². The number of hydrogen-bond acceptors (Lipinski definition) is 4. The quantitative estimate of drug-likeness (QED) is 0.843. The van der Waals surface area contributed by atoms with E-state index in [0.29, 0.717) is 11.5 Å². The fourth-order valence-electron chi connectivity index (χ4n) is 1.82. The number of hydrogen-bond donors (Lipinski definition) is 1. The second kappa shape index (κ2) is 3.87. The van der Waals surface area contributed by atoms with Gasteiger partial charge in [0.1, 0.15) is 5.75 Å². The molecule has 1 aliphatic carbocycles. The molecule has 4 nitrogen and oxygen atoms in total. The molecule has 0 radical (unpaired) electrons. The molecule has 16 heavy (non-hydrogen) atoms. The molecule has 0 aromatic heterocycles. The Balaban J connectivity index is 2.51. The smallest absolute Gasteiger partial charge is 0.164 e. The van der Waals surface area contributed by atoms with Crippen LogP contribution in [0.1, 0.15) is 18.4 Å². The highest BCUT2D eigenvalue weighted by atomic mass is 16.5. The van der Waals surface area contributed by atoms with Gasteiger partial charge in [-0.15, -0.1) is 0 Å². The second-order valence-electron chi connectivity index (χ2n) is 4.06. The van der Waals surface area contributed by atoms with Gasteiger partial charge in [-0.3, -0.25) is 0 Å². The number of rotatable bonds is 4. The van der Waals surface area contributed by atoms with E-state index in [9.17, 15) is 0 Å². The van der Waals surface area contributed by atoms with Crippen LogP contribution in [0.5, 0.6) is 17.2 Å². The van der Waals surface area contributed by atoms with E-state index in [1.54, 1.807) is 21.3 Å². The minimum Gasteiger partial charge on any atom is -0.496 e. The van der Waals surface area contributed by atoms with E-state index < -0.39 is 0 Å². The zero-order chi connectivity index (χ0) is 11.8. The van der Waals surface area contributed by atoms with Gasteiger partial charge in [0.2, 0.25) is 0 Å². The lowest BCUT2D eigenvalue weighted by atomic mass is 10.0. The first-order valence-electron chi connectivity index (χ1n) is 5.24. The fourth-order valence-corrected chi connectivity index (χ4v) is 1.82. The Morgan fingerprint density at radius 2 is 1.44 bits per heavy atom. The Hall–Kier alpha value is -1.42. The summed E-state index contributed by atoms with van der Waals surface area (Å²) in [5, 5.41) is 0. The largest absolute Gasteiger partial charge is 0.496 e. The summed E-state index contributed by atoms with van der Waals surface area (Å²) in [4.78, 5) is 0. The van der Waals surface area contributed by atoms with Crippen LogP contribution in [0.15, 0.2) is 12.1 Å². The molecule has 4 heteroatoms. The Bertz CT molecular complexity index is 399. The molecule has 1 aromatic carbocycles. The highest BCUT2D eigenvalue weighted by Gasteiger charge is 2.42. The molecule has 0 bridgehead atoms. The molecular formula is C12H17NO3. The van der Waals surface area contributed by atoms with Crippen LogP contribution in [0.4, 0.5) is 0 Å². The average Bonchev–Trinajstić information content (AvgIpc) is 3.06. The van der Waals surface area contributed by atoms with Gasteiger partial charge in [-0.2, -0.15) is 0 Å². The van der Waals surface area contributed by atoms with Gasteiger partial charge < -0.3 is 19.9 Å². The van der Waals surface area contributed by atoms with Crippen molar-refractivity contribution < 1.29 is 14.2 Å². The minimum atomic E-state index is -0.245. The van der Waals surface area contributed by atoms with E-state index in [-0.39, 0.29) is 5.54 Å². The van der Waals surface area contributed by atoms with Crippen LogP contribution >= 0.6 is 0 Å². The maximum atomic E-state index is 6.18. The van der Waals surface area contributed by atoms with Gasteiger partial charge >= 0.3 is 0 Å². The molecule has 0 heterocycles. The number of benzene rings is 1. The summed E-state index contributed by atoms with van der Waals surface area (Å²) in [7, 11) is 4.85. The van der Waals surface area contributed by atoms with Crippen LogP contribution in [0, 0.1) is 0 Å². The Morgan fingerprint density at radius 1 is 0.938 bits per heavy atom. The molecule has 0 amide bonds. The summed E-state index contributed by atoms with van der Waals surface area (Å²) >= 11 is 0. The monoisotopic (exact) mass is 223 g/mol. The summed E-state index contributed by atoms with van der Waals surface area (Å²) in [6.45, 7) is 0. The first kappa shape index (κ1) is 11.1. The molecule has 1 saturated carbocycles. The van der Waals surface area contributed by atoms with Gasteiger partial charge in [-0.25, -0.2) is 0 Å². The summed E-state index contributed by atoms with van der Waals surface area (Å²) in [5.74, 6) is 2.11. The molecule has 1 aromatic rings. The lowest BCUT2D eigenvalue weighted by molar-refractivity contribution is 0.346. The number of methoxy groups -OCH3 is 3. The van der Waals surface area contributed by atoms with Crippen LogP contribution in [-0.2, 0) is 5.54 Å². The highest BCUT2D eigenvalue weighted by Crippen LogP contribution is 2.49. The molecule has 1 fully saturated rings. The van der Waals surface area contributed by atoms with Gasteiger partial charge in [-0.1, -0.05) is 0 Å². The summed E-state index contributed by atoms with van der Waals surface area (Å²) in [6.07, 6.45) is 1.97. The first-order chi connectivity index (χ1) is 7.64. The SMILES string of the molecule is COc1cc(OC)c(C2(N)CC2)cc1OC. The third-order valence-electron chi connectivity index (χ3n) is 3.03. The van der Waals surface area contributed by atoms with E-state index in [1.807, 2.05) is 12.1 Å². The van der Waals surface area contributed by atoms with Crippen LogP contribution < -0.4 is 19.9 Å². The van der Waals surface area contributed by atoms with Crippen molar-refractivity contribution in [2.24, 2.45) is 5.73 Å². The van der Waals surface area contributed by atoms with E-state index in [2.05, 4.69) is 0 Å². The van der Waals surface area contributed by atoms with Crippen LogP contribution in [0.25, 0.3) is 0 Å². The molecule has 0 unspecified atom stereocenters. The van der Waals surface area contributed by atoms with Crippen molar-refractivity contribution in [2.75, 3.05) is 21.3 Å². The maximum absolute atomic E-state index is 6.18. The molecule has 2 rings (SSSR count). The first-order valence-corrected chi connectivity index (χ1v) is 5.24. The standard InChI is InChI=1S/C12H17NO3/c1-14-9-7-11(16-3)10(15-2)6-8(9)12(13)4-5-12/h6-7H,4-5,13H2,1-3H3. The third kappa shape index (κ3) is 1.69. The summed E-state index contributed by atoms with van der Waals surface area (Å²) in [5.41, 5.74) is 6.93.